The van der Waals surface area contributed by atoms with Gasteiger partial charge in [-0.25, -0.2) is 18.6 Å². The van der Waals surface area contributed by atoms with Gasteiger partial charge in [-0.3, -0.25) is 4.79 Å². The van der Waals surface area contributed by atoms with Crippen LogP contribution in [-0.2, 0) is 0 Å². The number of pyridine rings is 1. The first-order valence-corrected chi connectivity index (χ1v) is 11.2. The molecule has 4 rings (SSSR count). The van der Waals surface area contributed by atoms with Crippen LogP contribution < -0.4 is 20.3 Å². The highest BCUT2D eigenvalue weighted by molar-refractivity contribution is 6.00. The molecule has 35 heavy (non-hydrogen) atoms. The summed E-state index contributed by atoms with van der Waals surface area (Å²) in [5, 5.41) is 5.50. The maximum absolute atomic E-state index is 14.0. The Morgan fingerprint density at radius 3 is 2.46 bits per heavy atom. The lowest BCUT2D eigenvalue weighted by molar-refractivity contribution is 0.0741. The number of rotatable bonds is 6. The third-order valence-electron chi connectivity index (χ3n) is 5.49. The fourth-order valence-electron chi connectivity index (χ4n) is 3.75. The highest BCUT2D eigenvalue weighted by Crippen LogP contribution is 2.24. The Hall–Kier alpha value is -4.21. The van der Waals surface area contributed by atoms with Crippen molar-refractivity contribution in [2.75, 3.05) is 48.3 Å². The zero-order valence-corrected chi connectivity index (χ0v) is 19.1. The Balaban J connectivity index is 1.31. The molecule has 3 aromatic rings. The number of para-hydroxylation sites is 2. The van der Waals surface area contributed by atoms with Crippen LogP contribution in [0.4, 0.5) is 30.8 Å². The number of benzene rings is 2. The predicted octanol–water partition coefficient (Wildman–Crippen LogP) is 4.36. The summed E-state index contributed by atoms with van der Waals surface area (Å²) >= 11 is 0. The fraction of sp³-hybridized carbons (Fsp3) is 0.240. The number of hydrogen-bond donors (Lipinski definition) is 2. The smallest absolute Gasteiger partial charge is 0.323 e. The SMILES string of the molecule is CCOc1ccccc1NC(=O)Nc1ccc(N2CCN(C(=O)c3ccc(F)cc3F)CC2)nc1. The predicted molar refractivity (Wildman–Crippen MR) is 129 cm³/mol. The summed E-state index contributed by atoms with van der Waals surface area (Å²) in [5.41, 5.74) is 0.931. The van der Waals surface area contributed by atoms with Crippen LogP contribution in [0.1, 0.15) is 17.3 Å². The molecule has 0 spiro atoms. The molecule has 0 unspecified atom stereocenters. The first kappa shape index (κ1) is 23.9. The number of hydrogen-bond acceptors (Lipinski definition) is 5. The van der Waals surface area contributed by atoms with Crippen molar-refractivity contribution in [1.29, 1.82) is 0 Å². The number of anilines is 3. The lowest BCUT2D eigenvalue weighted by Gasteiger charge is -2.35. The van der Waals surface area contributed by atoms with Gasteiger partial charge in [-0.1, -0.05) is 12.1 Å². The second-order valence-electron chi connectivity index (χ2n) is 7.82. The van der Waals surface area contributed by atoms with Crippen LogP contribution in [0.15, 0.2) is 60.8 Å². The Kier molecular flexibility index (Phi) is 7.39. The van der Waals surface area contributed by atoms with Gasteiger partial charge in [0, 0.05) is 32.2 Å². The van der Waals surface area contributed by atoms with E-state index in [0.29, 0.717) is 61.8 Å². The Morgan fingerprint density at radius 1 is 1.00 bits per heavy atom. The number of piperazine rings is 1. The minimum absolute atomic E-state index is 0.143. The summed E-state index contributed by atoms with van der Waals surface area (Å²) < 4.78 is 32.6. The summed E-state index contributed by atoms with van der Waals surface area (Å²) in [7, 11) is 0. The molecule has 0 aliphatic carbocycles. The maximum Gasteiger partial charge on any atom is 0.323 e. The van der Waals surface area contributed by atoms with Crippen LogP contribution in [0.3, 0.4) is 0 Å². The third kappa shape index (κ3) is 5.84. The van der Waals surface area contributed by atoms with E-state index >= 15 is 0 Å². The minimum atomic E-state index is -0.868. The molecule has 0 bridgehead atoms. The molecule has 1 fully saturated rings. The standard InChI is InChI=1S/C25H25F2N5O3/c1-2-35-22-6-4-3-5-21(22)30-25(34)29-18-8-10-23(28-16-18)31-11-13-32(14-12-31)24(33)19-9-7-17(26)15-20(19)27/h3-10,15-16H,2,11-14H2,1H3,(H2,29,30,34). The number of carbonyl (C=O) groups is 2. The van der Waals surface area contributed by atoms with Gasteiger partial charge in [0.15, 0.2) is 0 Å². The summed E-state index contributed by atoms with van der Waals surface area (Å²) in [6.07, 6.45) is 1.55. The molecule has 8 nitrogen and oxygen atoms in total. The van der Waals surface area contributed by atoms with E-state index in [9.17, 15) is 18.4 Å². The number of nitrogens with zero attached hydrogens (tertiary/aromatic N) is 3. The average molecular weight is 482 g/mol. The van der Waals surface area contributed by atoms with E-state index in [-0.39, 0.29) is 5.56 Å². The number of nitrogens with one attached hydrogen (secondary N) is 2. The maximum atomic E-state index is 14.0. The van der Waals surface area contributed by atoms with Gasteiger partial charge >= 0.3 is 6.03 Å². The first-order valence-electron chi connectivity index (χ1n) is 11.2. The van der Waals surface area contributed by atoms with Gasteiger partial charge in [0.05, 0.1) is 29.7 Å². The molecule has 0 atom stereocenters. The van der Waals surface area contributed by atoms with Crippen LogP contribution in [0.5, 0.6) is 5.75 Å². The van der Waals surface area contributed by atoms with Gasteiger partial charge in [-0.15, -0.1) is 0 Å². The van der Waals surface area contributed by atoms with E-state index in [1.165, 1.54) is 4.90 Å². The largest absolute Gasteiger partial charge is 0.492 e. The number of urea groups is 1. The van der Waals surface area contributed by atoms with E-state index in [1.807, 2.05) is 17.9 Å². The second kappa shape index (κ2) is 10.8. The number of carbonyl (C=O) groups excluding carboxylic acids is 2. The number of aromatic nitrogens is 1. The zero-order chi connectivity index (χ0) is 24.8. The quantitative estimate of drug-likeness (QED) is 0.546. The van der Waals surface area contributed by atoms with Crippen molar-refractivity contribution in [2.45, 2.75) is 6.92 Å². The highest BCUT2D eigenvalue weighted by Gasteiger charge is 2.25. The minimum Gasteiger partial charge on any atom is -0.492 e. The molecule has 2 heterocycles. The van der Waals surface area contributed by atoms with Crippen molar-refractivity contribution in [1.82, 2.24) is 9.88 Å². The monoisotopic (exact) mass is 481 g/mol. The number of ether oxygens (including phenoxy) is 1. The summed E-state index contributed by atoms with van der Waals surface area (Å²) in [5.74, 6) is -0.781. The Bertz CT molecular complexity index is 1200. The zero-order valence-electron chi connectivity index (χ0n) is 19.1. The van der Waals surface area contributed by atoms with E-state index in [0.717, 1.165) is 12.1 Å². The van der Waals surface area contributed by atoms with Gasteiger partial charge < -0.3 is 25.2 Å². The second-order valence-corrected chi connectivity index (χ2v) is 7.82. The molecular weight excluding hydrogens is 456 g/mol. The molecule has 2 N–H and O–H groups in total. The van der Waals surface area contributed by atoms with E-state index in [2.05, 4.69) is 15.6 Å². The van der Waals surface area contributed by atoms with Gasteiger partial charge in [-0.2, -0.15) is 0 Å². The van der Waals surface area contributed by atoms with Crippen LogP contribution in [-0.4, -0.2) is 54.6 Å². The average Bonchev–Trinajstić information content (AvgIpc) is 2.86. The van der Waals surface area contributed by atoms with Crippen molar-refractivity contribution in [3.8, 4) is 5.75 Å². The van der Waals surface area contributed by atoms with Crippen LogP contribution in [0.25, 0.3) is 0 Å². The van der Waals surface area contributed by atoms with Crippen molar-refractivity contribution in [3.05, 3.63) is 78.0 Å². The van der Waals surface area contributed by atoms with Crippen molar-refractivity contribution >= 4 is 29.1 Å². The third-order valence-corrected chi connectivity index (χ3v) is 5.49. The van der Waals surface area contributed by atoms with Crippen molar-refractivity contribution in [3.63, 3.8) is 0 Å². The molecule has 2 aromatic carbocycles. The molecule has 0 radical (unpaired) electrons. The summed E-state index contributed by atoms with van der Waals surface area (Å²) in [6.45, 7) is 4.11. The van der Waals surface area contributed by atoms with Crippen LogP contribution in [0, 0.1) is 11.6 Å². The van der Waals surface area contributed by atoms with Gasteiger partial charge in [-0.05, 0) is 43.3 Å². The Morgan fingerprint density at radius 2 is 1.77 bits per heavy atom. The first-order chi connectivity index (χ1) is 16.9. The molecule has 1 aromatic heterocycles. The highest BCUT2D eigenvalue weighted by atomic mass is 19.1. The van der Waals surface area contributed by atoms with Crippen LogP contribution >= 0.6 is 0 Å². The molecule has 3 amide bonds. The van der Waals surface area contributed by atoms with Crippen molar-refractivity contribution < 1.29 is 23.1 Å². The lowest BCUT2D eigenvalue weighted by Crippen LogP contribution is -2.49. The molecule has 10 heteroatoms. The normalized spacial score (nSPS) is 13.3. The number of halogens is 2. The molecular formula is C25H25F2N5O3. The van der Waals surface area contributed by atoms with E-state index < -0.39 is 23.6 Å². The molecule has 1 aliphatic rings. The Labute approximate surface area is 201 Å². The van der Waals surface area contributed by atoms with Crippen LogP contribution in [0.2, 0.25) is 0 Å². The van der Waals surface area contributed by atoms with Gasteiger partial charge in [0.2, 0.25) is 0 Å². The molecule has 0 saturated carbocycles. The van der Waals surface area contributed by atoms with Crippen molar-refractivity contribution in [2.24, 2.45) is 0 Å². The summed E-state index contributed by atoms with van der Waals surface area (Å²) in [6, 6.07) is 13.2. The topological polar surface area (TPSA) is 86.8 Å². The van der Waals surface area contributed by atoms with E-state index in [4.69, 9.17) is 4.74 Å². The summed E-state index contributed by atoms with van der Waals surface area (Å²) in [4.78, 5) is 32.9. The molecule has 182 valence electrons. The number of amides is 3. The van der Waals surface area contributed by atoms with Gasteiger partial charge in [0.1, 0.15) is 23.2 Å². The van der Waals surface area contributed by atoms with E-state index in [1.54, 1.807) is 36.5 Å². The fourth-order valence-corrected chi connectivity index (χ4v) is 3.75. The van der Waals surface area contributed by atoms with Gasteiger partial charge in [0.25, 0.3) is 5.91 Å². The molecule has 1 saturated heterocycles. The molecule has 1 aliphatic heterocycles. The lowest BCUT2D eigenvalue weighted by atomic mass is 10.1.